The second-order valence-corrected chi connectivity index (χ2v) is 5.74. The van der Waals surface area contributed by atoms with Crippen molar-refractivity contribution in [2.75, 3.05) is 0 Å². The van der Waals surface area contributed by atoms with Crippen molar-refractivity contribution >= 4 is 34.5 Å². The fourth-order valence-corrected chi connectivity index (χ4v) is 2.88. The van der Waals surface area contributed by atoms with Crippen LogP contribution in [0.1, 0.15) is 0 Å². The number of hydrogen-bond donors (Lipinski definition) is 2. The Labute approximate surface area is 127 Å². The van der Waals surface area contributed by atoms with E-state index in [1.54, 1.807) is 11.4 Å². The molecule has 0 aliphatic rings. The number of thiophene rings is 1. The number of aromatic amines is 1. The second-order valence-electron chi connectivity index (χ2n) is 3.95. The van der Waals surface area contributed by atoms with Crippen molar-refractivity contribution in [1.29, 1.82) is 0 Å². The van der Waals surface area contributed by atoms with Crippen LogP contribution in [-0.4, -0.2) is 19.9 Å². The van der Waals surface area contributed by atoms with Crippen LogP contribution in [0.5, 0.6) is 5.75 Å². The van der Waals surface area contributed by atoms with E-state index in [1.807, 2.05) is 0 Å². The topological polar surface area (TPSA) is 70.9 Å². The molecule has 3 aromatic rings. The molecule has 8 heteroatoms. The van der Waals surface area contributed by atoms with E-state index >= 15 is 0 Å². The lowest BCUT2D eigenvalue weighted by Gasteiger charge is -2.02. The van der Waals surface area contributed by atoms with Gasteiger partial charge < -0.3 is 5.11 Å². The smallest absolute Gasteiger partial charge is 0.348 e. The lowest BCUT2D eigenvalue weighted by Crippen LogP contribution is -2.16. The van der Waals surface area contributed by atoms with Crippen LogP contribution in [0.3, 0.4) is 0 Å². The van der Waals surface area contributed by atoms with Gasteiger partial charge in [-0.1, -0.05) is 23.2 Å². The molecular weight excluding hydrogens is 321 g/mol. The summed E-state index contributed by atoms with van der Waals surface area (Å²) in [4.78, 5) is 15.3. The van der Waals surface area contributed by atoms with Crippen molar-refractivity contribution in [3.63, 3.8) is 0 Å². The first-order chi connectivity index (χ1) is 9.54. The van der Waals surface area contributed by atoms with Crippen LogP contribution in [0.25, 0.3) is 16.4 Å². The molecule has 0 saturated carbocycles. The van der Waals surface area contributed by atoms with E-state index in [0.717, 1.165) is 9.56 Å². The van der Waals surface area contributed by atoms with Crippen LogP contribution >= 0.6 is 34.5 Å². The van der Waals surface area contributed by atoms with E-state index in [0.29, 0.717) is 15.9 Å². The summed E-state index contributed by atoms with van der Waals surface area (Å²) in [6.45, 7) is 0. The number of nitrogens with zero attached hydrogens (tertiary/aromatic N) is 2. The number of benzene rings is 1. The van der Waals surface area contributed by atoms with Crippen LogP contribution in [0, 0.1) is 0 Å². The van der Waals surface area contributed by atoms with E-state index < -0.39 is 5.69 Å². The van der Waals surface area contributed by atoms with Crippen LogP contribution in [0.2, 0.25) is 10.0 Å². The van der Waals surface area contributed by atoms with Crippen LogP contribution in [-0.2, 0) is 0 Å². The van der Waals surface area contributed by atoms with Gasteiger partial charge in [-0.15, -0.1) is 16.4 Å². The Balaban J connectivity index is 2.14. The molecule has 3 rings (SSSR count). The number of phenolic OH excluding ortho intramolecular Hbond substituents is 1. The van der Waals surface area contributed by atoms with Crippen LogP contribution in [0.4, 0.5) is 0 Å². The highest BCUT2D eigenvalue weighted by Gasteiger charge is 2.13. The van der Waals surface area contributed by atoms with Gasteiger partial charge >= 0.3 is 5.69 Å². The Kier molecular flexibility index (Phi) is 3.29. The highest BCUT2D eigenvalue weighted by Crippen LogP contribution is 2.28. The standard InChI is InChI=1S/C12H7Cl2N3O2S/c13-6-1-2-9(18)8(3-6)17-12(19)15-11(16-17)10-4-7(14)5-20-10/h1-5,18H,(H,15,16,19). The molecular formula is C12H7Cl2N3O2S. The van der Waals surface area contributed by atoms with Crippen molar-refractivity contribution in [2.45, 2.75) is 0 Å². The number of aromatic hydroxyl groups is 1. The Hall–Kier alpha value is -1.76. The Morgan fingerprint density at radius 3 is 2.75 bits per heavy atom. The number of rotatable bonds is 2. The molecule has 2 aromatic heterocycles. The third kappa shape index (κ3) is 2.33. The summed E-state index contributed by atoms with van der Waals surface area (Å²) in [7, 11) is 0. The second kappa shape index (κ2) is 4.97. The first-order valence-electron chi connectivity index (χ1n) is 5.47. The van der Waals surface area contributed by atoms with Gasteiger partial charge in [0.15, 0.2) is 5.82 Å². The molecule has 5 nitrogen and oxygen atoms in total. The van der Waals surface area contributed by atoms with Crippen molar-refractivity contribution < 1.29 is 5.11 Å². The quantitative estimate of drug-likeness (QED) is 0.758. The predicted octanol–water partition coefficient (Wildman–Crippen LogP) is 3.30. The van der Waals surface area contributed by atoms with E-state index in [2.05, 4.69) is 10.1 Å². The van der Waals surface area contributed by atoms with Gasteiger partial charge in [-0.25, -0.2) is 4.79 Å². The van der Waals surface area contributed by atoms with E-state index in [1.165, 1.54) is 29.5 Å². The lowest BCUT2D eigenvalue weighted by atomic mass is 10.3. The molecule has 0 spiro atoms. The largest absolute Gasteiger partial charge is 0.506 e. The molecule has 102 valence electrons. The Bertz CT molecular complexity index is 837. The van der Waals surface area contributed by atoms with Gasteiger partial charge in [0.1, 0.15) is 11.4 Å². The molecule has 2 N–H and O–H groups in total. The van der Waals surface area contributed by atoms with E-state index in [9.17, 15) is 9.90 Å². The van der Waals surface area contributed by atoms with Crippen molar-refractivity contribution in [3.05, 3.63) is 50.2 Å². The lowest BCUT2D eigenvalue weighted by molar-refractivity contribution is 0.470. The molecule has 0 aliphatic carbocycles. The van der Waals surface area contributed by atoms with Crippen molar-refractivity contribution in [2.24, 2.45) is 0 Å². The van der Waals surface area contributed by atoms with E-state index in [4.69, 9.17) is 23.2 Å². The zero-order chi connectivity index (χ0) is 14.3. The fraction of sp³-hybridized carbons (Fsp3) is 0. The highest BCUT2D eigenvalue weighted by atomic mass is 35.5. The Morgan fingerprint density at radius 1 is 1.25 bits per heavy atom. The van der Waals surface area contributed by atoms with Gasteiger partial charge in [-0.3, -0.25) is 4.98 Å². The first-order valence-corrected chi connectivity index (χ1v) is 7.11. The summed E-state index contributed by atoms with van der Waals surface area (Å²) < 4.78 is 1.06. The maximum absolute atomic E-state index is 11.9. The predicted molar refractivity (Wildman–Crippen MR) is 79.2 cm³/mol. The molecule has 0 saturated heterocycles. The average molecular weight is 328 g/mol. The number of halogens is 2. The number of nitrogens with one attached hydrogen (secondary N) is 1. The average Bonchev–Trinajstić information content (AvgIpc) is 2.99. The summed E-state index contributed by atoms with van der Waals surface area (Å²) in [5, 5.41) is 16.7. The number of hydrogen-bond acceptors (Lipinski definition) is 4. The van der Waals surface area contributed by atoms with Crippen LogP contribution < -0.4 is 5.69 Å². The molecule has 0 unspecified atom stereocenters. The molecule has 0 bridgehead atoms. The molecule has 2 heterocycles. The number of aromatic nitrogens is 3. The molecule has 0 amide bonds. The number of phenols is 1. The van der Waals surface area contributed by atoms with Crippen LogP contribution in [0.15, 0.2) is 34.4 Å². The minimum atomic E-state index is -0.470. The minimum Gasteiger partial charge on any atom is -0.506 e. The van der Waals surface area contributed by atoms with Gasteiger partial charge in [0, 0.05) is 10.4 Å². The third-order valence-electron chi connectivity index (χ3n) is 2.58. The normalized spacial score (nSPS) is 10.9. The molecule has 20 heavy (non-hydrogen) atoms. The molecule has 0 aliphatic heterocycles. The van der Waals surface area contributed by atoms with Gasteiger partial charge in [-0.05, 0) is 24.3 Å². The number of H-pyrrole nitrogens is 1. The maximum Gasteiger partial charge on any atom is 0.348 e. The zero-order valence-electron chi connectivity index (χ0n) is 9.80. The highest BCUT2D eigenvalue weighted by molar-refractivity contribution is 7.14. The van der Waals surface area contributed by atoms with Crippen molar-refractivity contribution in [3.8, 4) is 22.1 Å². The molecule has 0 atom stereocenters. The molecule has 0 radical (unpaired) electrons. The Morgan fingerprint density at radius 2 is 2.05 bits per heavy atom. The fourth-order valence-electron chi connectivity index (χ4n) is 1.70. The SMILES string of the molecule is O=c1[nH]c(-c2cc(Cl)cs2)nn1-c1cc(Cl)ccc1O. The monoisotopic (exact) mass is 327 g/mol. The summed E-state index contributed by atoms with van der Waals surface area (Å²) >= 11 is 13.1. The van der Waals surface area contributed by atoms with Crippen molar-refractivity contribution in [1.82, 2.24) is 14.8 Å². The zero-order valence-corrected chi connectivity index (χ0v) is 12.1. The van der Waals surface area contributed by atoms with Gasteiger partial charge in [0.2, 0.25) is 0 Å². The summed E-state index contributed by atoms with van der Waals surface area (Å²) in [5.74, 6) is 0.296. The third-order valence-corrected chi connectivity index (χ3v) is 4.10. The summed E-state index contributed by atoms with van der Waals surface area (Å²) in [6.07, 6.45) is 0. The molecule has 1 aromatic carbocycles. The van der Waals surface area contributed by atoms with Gasteiger partial charge in [-0.2, -0.15) is 4.68 Å². The molecule has 0 fully saturated rings. The van der Waals surface area contributed by atoms with Gasteiger partial charge in [0.05, 0.1) is 9.90 Å². The van der Waals surface area contributed by atoms with Gasteiger partial charge in [0.25, 0.3) is 0 Å². The summed E-state index contributed by atoms with van der Waals surface area (Å²) in [6, 6.07) is 6.09. The summed E-state index contributed by atoms with van der Waals surface area (Å²) in [5.41, 5.74) is -0.255. The first kappa shape index (κ1) is 13.2. The van der Waals surface area contributed by atoms with E-state index in [-0.39, 0.29) is 11.4 Å². The minimum absolute atomic E-state index is 0.0845. The maximum atomic E-state index is 11.9.